The molecule has 1 aromatic carbocycles. The Morgan fingerprint density at radius 1 is 1.38 bits per heavy atom. The Balaban J connectivity index is 0.00000144. The number of ether oxygens (including phenoxy) is 1. The first-order valence-electron chi connectivity index (χ1n) is 3.29. The average molecular weight is 210 g/mol. The van der Waals surface area contributed by atoms with Crippen LogP contribution >= 0.6 is 11.6 Å². The van der Waals surface area contributed by atoms with E-state index in [1.165, 1.54) is 0 Å². The summed E-state index contributed by atoms with van der Waals surface area (Å²) in [4.78, 5) is 10.2. The van der Waals surface area contributed by atoms with Crippen LogP contribution in [0.4, 0.5) is 0 Å². The van der Waals surface area contributed by atoms with Crippen molar-refractivity contribution in [3.63, 3.8) is 0 Å². The smallest absolute Gasteiger partial charge is 0.360 e. The fourth-order valence-corrected chi connectivity index (χ4v) is 0.772. The summed E-state index contributed by atoms with van der Waals surface area (Å²) in [5, 5.41) is 8.39. The molecule has 1 N–H and O–H groups in total. The van der Waals surface area contributed by atoms with Crippen LogP contribution in [-0.2, 0) is 4.79 Å². The minimum atomic E-state index is -1.33. The van der Waals surface area contributed by atoms with Crippen LogP contribution < -0.4 is 4.74 Å². The van der Waals surface area contributed by atoms with Crippen molar-refractivity contribution in [3.05, 3.63) is 30.3 Å². The topological polar surface area (TPSA) is 46.5 Å². The molecule has 0 amide bonds. The predicted molar refractivity (Wildman–Crippen MR) is 50.1 cm³/mol. The Kier molecular flexibility index (Phi) is 6.16. The van der Waals surface area contributed by atoms with Crippen molar-refractivity contribution in [1.29, 1.82) is 0 Å². The molecule has 1 aromatic rings. The van der Waals surface area contributed by atoms with E-state index in [-0.39, 0.29) is 29.6 Å². The molecule has 13 heavy (non-hydrogen) atoms. The molecule has 1 radical (unpaired) electrons. The Bertz CT molecular complexity index is 265. The fraction of sp³-hybridized carbons (Fsp3) is 0.125. The minimum Gasteiger partial charge on any atom is -0.478 e. The van der Waals surface area contributed by atoms with Gasteiger partial charge in [0.15, 0.2) is 0 Å². The molecule has 5 heteroatoms. The van der Waals surface area contributed by atoms with Crippen molar-refractivity contribution in [2.45, 2.75) is 5.56 Å². The van der Waals surface area contributed by atoms with Crippen LogP contribution in [0.3, 0.4) is 0 Å². The fourth-order valence-electron chi connectivity index (χ4n) is 0.669. The third kappa shape index (κ3) is 4.52. The van der Waals surface area contributed by atoms with Gasteiger partial charge in [-0.1, -0.05) is 29.8 Å². The first-order chi connectivity index (χ1) is 5.70. The number of hydrogen-bond acceptors (Lipinski definition) is 2. The zero-order valence-corrected chi connectivity index (χ0v) is 9.86. The van der Waals surface area contributed by atoms with Crippen molar-refractivity contribution < 1.29 is 14.6 Å². The van der Waals surface area contributed by atoms with Gasteiger partial charge < -0.3 is 9.84 Å². The van der Waals surface area contributed by atoms with Gasteiger partial charge in [0.1, 0.15) is 5.75 Å². The Hall–Kier alpha value is -0.220. The van der Waals surface area contributed by atoms with Crippen molar-refractivity contribution >= 4 is 47.1 Å². The SMILES string of the molecule is O=C(O)C(Cl)Oc1ccccc1.[Na]. The molecule has 0 fully saturated rings. The van der Waals surface area contributed by atoms with Gasteiger partial charge in [0.05, 0.1) is 0 Å². The van der Waals surface area contributed by atoms with Crippen LogP contribution in [0.25, 0.3) is 0 Å². The molecule has 1 unspecified atom stereocenters. The second-order valence-corrected chi connectivity index (χ2v) is 2.48. The molecule has 0 aliphatic carbocycles. The van der Waals surface area contributed by atoms with E-state index in [4.69, 9.17) is 21.4 Å². The summed E-state index contributed by atoms with van der Waals surface area (Å²) in [6.07, 6.45) is 0. The van der Waals surface area contributed by atoms with Gasteiger partial charge in [-0.3, -0.25) is 0 Å². The van der Waals surface area contributed by atoms with E-state index in [0.717, 1.165) is 0 Å². The summed E-state index contributed by atoms with van der Waals surface area (Å²) in [5.41, 5.74) is -1.33. The van der Waals surface area contributed by atoms with E-state index in [1.807, 2.05) is 0 Å². The van der Waals surface area contributed by atoms with Crippen LogP contribution in [0.5, 0.6) is 5.75 Å². The number of halogens is 1. The van der Waals surface area contributed by atoms with Gasteiger partial charge >= 0.3 is 5.97 Å². The third-order valence-electron chi connectivity index (χ3n) is 1.18. The number of para-hydroxylation sites is 1. The Morgan fingerprint density at radius 2 is 1.92 bits per heavy atom. The van der Waals surface area contributed by atoms with E-state index >= 15 is 0 Å². The molecular formula is C8H7ClNaO3. The van der Waals surface area contributed by atoms with Gasteiger partial charge in [-0.05, 0) is 12.1 Å². The van der Waals surface area contributed by atoms with E-state index < -0.39 is 11.5 Å². The maximum atomic E-state index is 10.2. The van der Waals surface area contributed by atoms with Gasteiger partial charge in [0.2, 0.25) is 0 Å². The second kappa shape index (κ2) is 6.27. The summed E-state index contributed by atoms with van der Waals surface area (Å²) in [5.74, 6) is -0.750. The van der Waals surface area contributed by atoms with Gasteiger partial charge in [-0.25, -0.2) is 4.79 Å². The van der Waals surface area contributed by atoms with Crippen LogP contribution in [-0.4, -0.2) is 46.2 Å². The molecule has 3 nitrogen and oxygen atoms in total. The van der Waals surface area contributed by atoms with Gasteiger partial charge in [0, 0.05) is 29.6 Å². The summed E-state index contributed by atoms with van der Waals surface area (Å²) < 4.78 is 4.84. The van der Waals surface area contributed by atoms with Crippen LogP contribution in [0.15, 0.2) is 30.3 Å². The Labute approximate surface area is 103 Å². The largest absolute Gasteiger partial charge is 0.478 e. The molecular weight excluding hydrogens is 203 g/mol. The molecule has 1 rings (SSSR count). The van der Waals surface area contributed by atoms with Gasteiger partial charge in [0.25, 0.3) is 5.56 Å². The molecule has 0 aromatic heterocycles. The molecule has 0 saturated heterocycles. The number of rotatable bonds is 3. The van der Waals surface area contributed by atoms with Crippen molar-refractivity contribution in [2.75, 3.05) is 0 Å². The van der Waals surface area contributed by atoms with Gasteiger partial charge in [-0.15, -0.1) is 0 Å². The number of carboxylic acid groups (broad SMARTS) is 1. The van der Waals surface area contributed by atoms with Crippen LogP contribution in [0.1, 0.15) is 0 Å². The number of aliphatic carboxylic acids is 1. The van der Waals surface area contributed by atoms with E-state index in [0.29, 0.717) is 5.75 Å². The molecule has 0 aliphatic rings. The zero-order chi connectivity index (χ0) is 8.97. The molecule has 0 spiro atoms. The molecule has 65 valence electrons. The number of hydrogen-bond donors (Lipinski definition) is 1. The Morgan fingerprint density at radius 3 is 2.38 bits per heavy atom. The van der Waals surface area contributed by atoms with E-state index in [1.54, 1.807) is 30.3 Å². The normalized spacial score (nSPS) is 11.2. The first kappa shape index (κ1) is 12.8. The maximum absolute atomic E-state index is 10.2. The quantitative estimate of drug-likeness (QED) is 0.604. The van der Waals surface area contributed by atoms with E-state index in [9.17, 15) is 4.79 Å². The monoisotopic (exact) mass is 209 g/mol. The predicted octanol–water partition coefficient (Wildman–Crippen LogP) is 1.33. The minimum absolute atomic E-state index is 0. The first-order valence-corrected chi connectivity index (χ1v) is 3.72. The van der Waals surface area contributed by atoms with Gasteiger partial charge in [-0.2, -0.15) is 0 Å². The summed E-state index contributed by atoms with van der Waals surface area (Å²) in [6.45, 7) is 0. The molecule has 0 bridgehead atoms. The van der Waals surface area contributed by atoms with E-state index in [2.05, 4.69) is 0 Å². The average Bonchev–Trinajstić information content (AvgIpc) is 2.06. The number of benzene rings is 1. The zero-order valence-electron chi connectivity index (χ0n) is 7.11. The van der Waals surface area contributed by atoms with Crippen LogP contribution in [0.2, 0.25) is 0 Å². The number of carboxylic acids is 1. The molecule has 0 aliphatic heterocycles. The second-order valence-electron chi connectivity index (χ2n) is 2.09. The summed E-state index contributed by atoms with van der Waals surface area (Å²) in [6, 6.07) is 8.55. The van der Waals surface area contributed by atoms with Crippen molar-refractivity contribution in [1.82, 2.24) is 0 Å². The molecule has 1 atom stereocenters. The standard InChI is InChI=1S/C8H7ClO3.Na/c9-7(8(10)11)12-6-4-2-1-3-5-6;/h1-5,7H,(H,10,11);. The summed E-state index contributed by atoms with van der Waals surface area (Å²) in [7, 11) is 0. The summed E-state index contributed by atoms with van der Waals surface area (Å²) >= 11 is 5.33. The van der Waals surface area contributed by atoms with Crippen molar-refractivity contribution in [3.8, 4) is 5.75 Å². The van der Waals surface area contributed by atoms with Crippen molar-refractivity contribution in [2.24, 2.45) is 0 Å². The van der Waals surface area contributed by atoms with Crippen LogP contribution in [0, 0.1) is 0 Å². The maximum Gasteiger partial charge on any atom is 0.360 e. The number of alkyl halides is 1. The molecule has 0 saturated carbocycles. The number of carbonyl (C=O) groups is 1. The third-order valence-corrected chi connectivity index (χ3v) is 1.45. The molecule has 0 heterocycles.